The van der Waals surface area contributed by atoms with E-state index in [1.165, 1.54) is 0 Å². The largest absolute Gasteiger partial charge is 0.506 e. The van der Waals surface area contributed by atoms with Gasteiger partial charge in [0.2, 0.25) is 0 Å². The van der Waals surface area contributed by atoms with Crippen molar-refractivity contribution in [2.24, 2.45) is 0 Å². The molecule has 4 rings (SSSR count). The van der Waals surface area contributed by atoms with E-state index in [0.29, 0.717) is 24.3 Å². The summed E-state index contributed by atoms with van der Waals surface area (Å²) in [4.78, 5) is 23.7. The second-order valence-corrected chi connectivity index (χ2v) is 6.51. The molecule has 2 aromatic heterocycles. The molecule has 0 fully saturated rings. The Kier molecular flexibility index (Phi) is 4.97. The van der Waals surface area contributed by atoms with E-state index >= 15 is 0 Å². The maximum Gasteiger partial charge on any atom is 0.273 e. The van der Waals surface area contributed by atoms with Crippen LogP contribution in [-0.2, 0) is 13.1 Å². The molecule has 2 aromatic carbocycles. The summed E-state index contributed by atoms with van der Waals surface area (Å²) in [5.41, 5.74) is 2.54. The Balaban J connectivity index is 1.68. The molecule has 0 aliphatic heterocycles. The summed E-state index contributed by atoms with van der Waals surface area (Å²) < 4.78 is 0. The van der Waals surface area contributed by atoms with E-state index in [0.717, 1.165) is 16.6 Å². The Bertz CT molecular complexity index is 1060. The molecule has 0 aliphatic carbocycles. The first-order valence-electron chi connectivity index (χ1n) is 9.02. The Morgan fingerprint density at radius 1 is 0.857 bits per heavy atom. The minimum absolute atomic E-state index is 0.0616. The topological polar surface area (TPSA) is 66.3 Å². The van der Waals surface area contributed by atoms with Gasteiger partial charge in [-0.25, -0.2) is 4.98 Å². The van der Waals surface area contributed by atoms with E-state index in [1.54, 1.807) is 35.4 Å². The number of phenolic OH excluding ortho intramolecular Hbond substituents is 1. The second-order valence-electron chi connectivity index (χ2n) is 6.51. The van der Waals surface area contributed by atoms with Gasteiger partial charge >= 0.3 is 0 Å². The standard InChI is InChI=1S/C23H19N3O2/c27-21-11-6-9-18-12-13-20(25-22(18)21)23(28)26(15-17-7-2-1-3-8-17)16-19-10-4-5-14-24-19/h1-14,27H,15-16H2. The average molecular weight is 369 g/mol. The lowest BCUT2D eigenvalue weighted by Crippen LogP contribution is -2.31. The Hall–Kier alpha value is -3.73. The van der Waals surface area contributed by atoms with Crippen LogP contribution in [0.4, 0.5) is 0 Å². The molecule has 5 nitrogen and oxygen atoms in total. The Labute approximate surface area is 162 Å². The van der Waals surface area contributed by atoms with Gasteiger partial charge in [0.25, 0.3) is 5.91 Å². The van der Waals surface area contributed by atoms with E-state index in [2.05, 4.69) is 9.97 Å². The van der Waals surface area contributed by atoms with E-state index in [4.69, 9.17) is 0 Å². The third-order valence-corrected chi connectivity index (χ3v) is 4.50. The van der Waals surface area contributed by atoms with Crippen LogP contribution in [0.3, 0.4) is 0 Å². The average Bonchev–Trinajstić information content (AvgIpc) is 2.74. The summed E-state index contributed by atoms with van der Waals surface area (Å²) in [5, 5.41) is 10.9. The van der Waals surface area contributed by atoms with Crippen molar-refractivity contribution in [1.29, 1.82) is 0 Å². The van der Waals surface area contributed by atoms with E-state index in [-0.39, 0.29) is 11.7 Å². The summed E-state index contributed by atoms with van der Waals surface area (Å²) >= 11 is 0. The van der Waals surface area contributed by atoms with Gasteiger partial charge in [0, 0.05) is 18.1 Å². The van der Waals surface area contributed by atoms with Crippen molar-refractivity contribution >= 4 is 16.8 Å². The molecule has 0 bridgehead atoms. The lowest BCUT2D eigenvalue weighted by Gasteiger charge is -2.22. The van der Waals surface area contributed by atoms with Crippen molar-refractivity contribution in [2.75, 3.05) is 0 Å². The molecule has 0 saturated heterocycles. The van der Waals surface area contributed by atoms with Gasteiger partial charge in [0.1, 0.15) is 17.0 Å². The smallest absolute Gasteiger partial charge is 0.273 e. The first-order valence-corrected chi connectivity index (χ1v) is 9.02. The van der Waals surface area contributed by atoms with Gasteiger partial charge in [-0.2, -0.15) is 0 Å². The minimum atomic E-state index is -0.209. The number of nitrogens with zero attached hydrogens (tertiary/aromatic N) is 3. The SMILES string of the molecule is O=C(c1ccc2cccc(O)c2n1)N(Cc1ccccc1)Cc1ccccn1. The first-order chi connectivity index (χ1) is 13.7. The number of phenols is 1. The van der Waals surface area contributed by atoms with Gasteiger partial charge in [-0.1, -0.05) is 54.6 Å². The number of amides is 1. The number of carbonyl (C=O) groups excluding carboxylic acids is 1. The molecule has 0 unspecified atom stereocenters. The molecule has 138 valence electrons. The molecule has 1 N–H and O–H groups in total. The number of rotatable bonds is 5. The summed E-state index contributed by atoms with van der Waals surface area (Å²) in [6.45, 7) is 0.811. The normalized spacial score (nSPS) is 10.7. The fraction of sp³-hybridized carbons (Fsp3) is 0.0870. The van der Waals surface area contributed by atoms with Crippen molar-refractivity contribution in [3.05, 3.63) is 102 Å². The number of aromatic hydroxyl groups is 1. The minimum Gasteiger partial charge on any atom is -0.506 e. The number of fused-ring (bicyclic) bond motifs is 1. The predicted molar refractivity (Wildman–Crippen MR) is 108 cm³/mol. The van der Waals surface area contributed by atoms with Crippen LogP contribution in [0.2, 0.25) is 0 Å². The van der Waals surface area contributed by atoms with Crippen LogP contribution >= 0.6 is 0 Å². The van der Waals surface area contributed by atoms with E-state index in [9.17, 15) is 9.90 Å². The van der Waals surface area contributed by atoms with Crippen LogP contribution in [0, 0.1) is 0 Å². The molecule has 0 aliphatic rings. The molecule has 4 aromatic rings. The van der Waals surface area contributed by atoms with Crippen LogP contribution in [0.15, 0.2) is 85.1 Å². The number of carbonyl (C=O) groups is 1. The van der Waals surface area contributed by atoms with Crippen molar-refractivity contribution in [3.8, 4) is 5.75 Å². The zero-order chi connectivity index (χ0) is 19.3. The van der Waals surface area contributed by atoms with Crippen LogP contribution < -0.4 is 0 Å². The van der Waals surface area contributed by atoms with E-state index in [1.807, 2.05) is 54.6 Å². The molecule has 1 amide bonds. The molecule has 0 saturated carbocycles. The van der Waals surface area contributed by atoms with Crippen molar-refractivity contribution in [3.63, 3.8) is 0 Å². The highest BCUT2D eigenvalue weighted by Gasteiger charge is 2.19. The molecule has 0 radical (unpaired) electrons. The lowest BCUT2D eigenvalue weighted by atomic mass is 10.1. The predicted octanol–water partition coefficient (Wildman–Crippen LogP) is 4.18. The second kappa shape index (κ2) is 7.88. The number of aromatic nitrogens is 2. The monoisotopic (exact) mass is 369 g/mol. The number of pyridine rings is 2. The molecular formula is C23H19N3O2. The number of para-hydroxylation sites is 1. The number of hydrogen-bond donors (Lipinski definition) is 1. The van der Waals surface area contributed by atoms with Crippen molar-refractivity contribution in [1.82, 2.24) is 14.9 Å². The zero-order valence-electron chi connectivity index (χ0n) is 15.2. The van der Waals surface area contributed by atoms with Gasteiger partial charge in [0.15, 0.2) is 0 Å². The highest BCUT2D eigenvalue weighted by atomic mass is 16.3. The molecular weight excluding hydrogens is 350 g/mol. The Morgan fingerprint density at radius 3 is 2.46 bits per heavy atom. The van der Waals surface area contributed by atoms with Crippen LogP contribution in [0.25, 0.3) is 10.9 Å². The maximum atomic E-state index is 13.3. The van der Waals surface area contributed by atoms with Gasteiger partial charge < -0.3 is 10.0 Å². The summed E-state index contributed by atoms with van der Waals surface area (Å²) in [6.07, 6.45) is 1.72. The van der Waals surface area contributed by atoms with Crippen molar-refractivity contribution < 1.29 is 9.90 Å². The van der Waals surface area contributed by atoms with Gasteiger partial charge in [-0.05, 0) is 29.8 Å². The molecule has 2 heterocycles. The highest BCUT2D eigenvalue weighted by molar-refractivity contribution is 5.95. The fourth-order valence-electron chi connectivity index (χ4n) is 3.10. The third-order valence-electron chi connectivity index (χ3n) is 4.50. The molecule has 28 heavy (non-hydrogen) atoms. The quantitative estimate of drug-likeness (QED) is 0.573. The fourth-order valence-corrected chi connectivity index (χ4v) is 3.10. The van der Waals surface area contributed by atoms with Crippen molar-refractivity contribution in [2.45, 2.75) is 13.1 Å². The van der Waals surface area contributed by atoms with Crippen LogP contribution in [0.5, 0.6) is 5.75 Å². The van der Waals surface area contributed by atoms with Crippen LogP contribution in [-0.4, -0.2) is 25.9 Å². The number of benzene rings is 2. The van der Waals surface area contributed by atoms with Gasteiger partial charge in [0.05, 0.1) is 12.2 Å². The molecule has 0 atom stereocenters. The lowest BCUT2D eigenvalue weighted by molar-refractivity contribution is 0.0722. The van der Waals surface area contributed by atoms with Gasteiger partial charge in [-0.3, -0.25) is 9.78 Å². The third kappa shape index (κ3) is 3.83. The maximum absolute atomic E-state index is 13.3. The summed E-state index contributed by atoms with van der Waals surface area (Å²) in [7, 11) is 0. The summed E-state index contributed by atoms with van der Waals surface area (Å²) in [5.74, 6) is -0.147. The molecule has 0 spiro atoms. The van der Waals surface area contributed by atoms with E-state index < -0.39 is 0 Å². The first kappa shape index (κ1) is 17.7. The van der Waals surface area contributed by atoms with Crippen LogP contribution in [0.1, 0.15) is 21.7 Å². The van der Waals surface area contributed by atoms with Gasteiger partial charge in [-0.15, -0.1) is 0 Å². The number of hydrogen-bond acceptors (Lipinski definition) is 4. The highest BCUT2D eigenvalue weighted by Crippen LogP contribution is 2.23. The summed E-state index contributed by atoms with van der Waals surface area (Å²) in [6, 6.07) is 24.1. The Morgan fingerprint density at radius 2 is 1.68 bits per heavy atom. The molecule has 5 heteroatoms. The zero-order valence-corrected chi connectivity index (χ0v) is 15.2.